The first kappa shape index (κ1) is 16.8. The molecule has 24 heavy (non-hydrogen) atoms. The number of hydrogen-bond donors (Lipinski definition) is 2. The number of nitrogens with one attached hydrogen (secondary N) is 2. The third-order valence-corrected chi connectivity index (χ3v) is 5.20. The first-order valence-electron chi connectivity index (χ1n) is 8.62. The van der Waals surface area contributed by atoms with Gasteiger partial charge in [-0.3, -0.25) is 4.79 Å². The average molecular weight is 340 g/mol. The minimum absolute atomic E-state index is 0.0916. The molecule has 0 aliphatic heterocycles. The fourth-order valence-electron chi connectivity index (χ4n) is 3.22. The molecule has 0 saturated heterocycles. The molecule has 126 valence electrons. The number of hydrogen-bond acceptors (Lipinski definition) is 2. The Morgan fingerprint density at radius 2 is 2.17 bits per heavy atom. The van der Waals surface area contributed by atoms with Gasteiger partial charge >= 0.3 is 0 Å². The molecule has 0 radical (unpaired) electrons. The molecule has 2 heterocycles. The quantitative estimate of drug-likeness (QED) is 0.635. The molecule has 0 bridgehead atoms. The molecule has 0 aliphatic rings. The molecule has 0 fully saturated rings. The van der Waals surface area contributed by atoms with E-state index in [1.807, 2.05) is 0 Å². The summed E-state index contributed by atoms with van der Waals surface area (Å²) >= 11 is 1.68. The number of amides is 1. The van der Waals surface area contributed by atoms with E-state index in [-0.39, 0.29) is 11.8 Å². The van der Waals surface area contributed by atoms with Crippen LogP contribution in [0.2, 0.25) is 0 Å². The fraction of sp³-hybridized carbons (Fsp3) is 0.350. The van der Waals surface area contributed by atoms with Crippen LogP contribution in [0.15, 0.2) is 41.2 Å². The van der Waals surface area contributed by atoms with Crippen LogP contribution in [0.5, 0.6) is 0 Å². The first-order valence-corrected chi connectivity index (χ1v) is 9.56. The second-order valence-electron chi connectivity index (χ2n) is 6.10. The van der Waals surface area contributed by atoms with Crippen molar-refractivity contribution in [2.24, 2.45) is 0 Å². The van der Waals surface area contributed by atoms with Crippen LogP contribution < -0.4 is 5.32 Å². The van der Waals surface area contributed by atoms with Crippen LogP contribution in [-0.4, -0.2) is 17.4 Å². The lowest BCUT2D eigenvalue weighted by molar-refractivity contribution is -0.121. The maximum atomic E-state index is 12.3. The molecule has 3 nitrogen and oxygen atoms in total. The van der Waals surface area contributed by atoms with Gasteiger partial charge in [-0.2, -0.15) is 11.3 Å². The molecular formula is C20H24N2OS. The van der Waals surface area contributed by atoms with Gasteiger partial charge in [0.25, 0.3) is 0 Å². The van der Waals surface area contributed by atoms with E-state index in [2.05, 4.69) is 65.4 Å². The SMILES string of the molecule is CCCNC(=O)CC(c1ccsc1)c1c[nH]c2c(CC)cccc12. The zero-order chi connectivity index (χ0) is 16.9. The number of carbonyl (C=O) groups excluding carboxylic acids is 1. The molecule has 0 aliphatic carbocycles. The number of para-hydroxylation sites is 1. The van der Waals surface area contributed by atoms with Crippen LogP contribution in [0.25, 0.3) is 10.9 Å². The maximum Gasteiger partial charge on any atom is 0.220 e. The summed E-state index contributed by atoms with van der Waals surface area (Å²) < 4.78 is 0. The molecule has 0 saturated carbocycles. The summed E-state index contributed by atoms with van der Waals surface area (Å²) in [6, 6.07) is 8.56. The van der Waals surface area contributed by atoms with Gasteiger partial charge in [-0.15, -0.1) is 0 Å². The summed E-state index contributed by atoms with van der Waals surface area (Å²) in [7, 11) is 0. The summed E-state index contributed by atoms with van der Waals surface area (Å²) in [5.41, 5.74) is 4.95. The summed E-state index contributed by atoms with van der Waals surface area (Å²) in [6.45, 7) is 4.98. The Kier molecular flexibility index (Phi) is 5.36. The minimum atomic E-state index is 0.0916. The predicted octanol–water partition coefficient (Wildman–Crippen LogP) is 4.84. The molecular weight excluding hydrogens is 316 g/mol. The van der Waals surface area contributed by atoms with Gasteiger partial charge in [0.05, 0.1) is 0 Å². The number of carbonyl (C=O) groups is 1. The van der Waals surface area contributed by atoms with Gasteiger partial charge in [0.15, 0.2) is 0 Å². The van der Waals surface area contributed by atoms with E-state index in [4.69, 9.17) is 0 Å². The second kappa shape index (κ2) is 7.67. The van der Waals surface area contributed by atoms with Crippen LogP contribution >= 0.6 is 11.3 Å². The highest BCUT2D eigenvalue weighted by atomic mass is 32.1. The monoisotopic (exact) mass is 340 g/mol. The lowest BCUT2D eigenvalue weighted by Crippen LogP contribution is -2.25. The normalized spacial score (nSPS) is 12.4. The maximum absolute atomic E-state index is 12.3. The van der Waals surface area contributed by atoms with E-state index in [0.717, 1.165) is 19.4 Å². The van der Waals surface area contributed by atoms with Gasteiger partial charge in [0.1, 0.15) is 0 Å². The molecule has 3 aromatic rings. The Hall–Kier alpha value is -2.07. The summed E-state index contributed by atoms with van der Waals surface area (Å²) in [5.74, 6) is 0.211. The fourth-order valence-corrected chi connectivity index (χ4v) is 3.94. The highest BCUT2D eigenvalue weighted by Crippen LogP contribution is 2.35. The first-order chi connectivity index (χ1) is 11.7. The van der Waals surface area contributed by atoms with Crippen molar-refractivity contribution in [3.63, 3.8) is 0 Å². The van der Waals surface area contributed by atoms with E-state index in [9.17, 15) is 4.79 Å². The standard InChI is InChI=1S/C20H24N2OS/c1-3-9-21-19(23)11-17(15-8-10-24-13-15)18-12-22-20-14(4-2)6-5-7-16(18)20/h5-8,10,12-13,17,22H,3-4,9,11H2,1-2H3,(H,21,23). The molecule has 1 unspecified atom stereocenters. The van der Waals surface area contributed by atoms with Crippen LogP contribution in [-0.2, 0) is 11.2 Å². The number of aromatic nitrogens is 1. The van der Waals surface area contributed by atoms with E-state index < -0.39 is 0 Å². The van der Waals surface area contributed by atoms with Crippen molar-refractivity contribution in [1.82, 2.24) is 10.3 Å². The van der Waals surface area contributed by atoms with Crippen LogP contribution in [0.3, 0.4) is 0 Å². The van der Waals surface area contributed by atoms with Gasteiger partial charge in [-0.05, 0) is 46.4 Å². The third kappa shape index (κ3) is 3.39. The van der Waals surface area contributed by atoms with Gasteiger partial charge in [0, 0.05) is 36.0 Å². The van der Waals surface area contributed by atoms with Crippen molar-refractivity contribution in [3.05, 3.63) is 57.9 Å². The van der Waals surface area contributed by atoms with Gasteiger partial charge in [0.2, 0.25) is 5.91 Å². The Bertz CT molecular complexity index is 804. The lowest BCUT2D eigenvalue weighted by Gasteiger charge is -2.15. The van der Waals surface area contributed by atoms with Crippen molar-refractivity contribution in [3.8, 4) is 0 Å². The van der Waals surface area contributed by atoms with Crippen molar-refractivity contribution >= 4 is 28.1 Å². The topological polar surface area (TPSA) is 44.9 Å². The summed E-state index contributed by atoms with van der Waals surface area (Å²) in [5, 5.41) is 8.48. The molecule has 2 aromatic heterocycles. The Labute approximate surface area is 147 Å². The van der Waals surface area contributed by atoms with Crippen molar-refractivity contribution in [2.45, 2.75) is 39.0 Å². The van der Waals surface area contributed by atoms with E-state index in [1.165, 1.54) is 27.6 Å². The third-order valence-electron chi connectivity index (χ3n) is 4.50. The lowest BCUT2D eigenvalue weighted by atomic mass is 9.89. The van der Waals surface area contributed by atoms with Gasteiger partial charge in [-0.25, -0.2) is 0 Å². The average Bonchev–Trinajstić information content (AvgIpc) is 3.27. The Morgan fingerprint density at radius 3 is 2.88 bits per heavy atom. The molecule has 3 rings (SSSR count). The number of H-pyrrole nitrogens is 1. The number of aromatic amines is 1. The molecule has 4 heteroatoms. The van der Waals surface area contributed by atoms with Crippen LogP contribution in [0.1, 0.15) is 49.3 Å². The van der Waals surface area contributed by atoms with Crippen LogP contribution in [0.4, 0.5) is 0 Å². The number of benzene rings is 1. The van der Waals surface area contributed by atoms with Crippen molar-refractivity contribution in [1.29, 1.82) is 0 Å². The van der Waals surface area contributed by atoms with E-state index in [1.54, 1.807) is 11.3 Å². The number of rotatable bonds is 7. The zero-order valence-corrected chi connectivity index (χ0v) is 15.1. The highest BCUT2D eigenvalue weighted by Gasteiger charge is 2.22. The summed E-state index contributed by atoms with van der Waals surface area (Å²) in [6.07, 6.45) is 4.53. The second-order valence-corrected chi connectivity index (χ2v) is 6.88. The highest BCUT2D eigenvalue weighted by molar-refractivity contribution is 7.08. The van der Waals surface area contributed by atoms with Crippen molar-refractivity contribution < 1.29 is 4.79 Å². The number of fused-ring (bicyclic) bond motifs is 1. The number of thiophene rings is 1. The Morgan fingerprint density at radius 1 is 1.29 bits per heavy atom. The van der Waals surface area contributed by atoms with E-state index >= 15 is 0 Å². The molecule has 0 spiro atoms. The summed E-state index contributed by atoms with van der Waals surface area (Å²) in [4.78, 5) is 15.8. The van der Waals surface area contributed by atoms with Gasteiger partial charge < -0.3 is 10.3 Å². The van der Waals surface area contributed by atoms with Gasteiger partial charge in [-0.1, -0.05) is 32.0 Å². The smallest absolute Gasteiger partial charge is 0.220 e. The zero-order valence-electron chi connectivity index (χ0n) is 14.3. The number of aryl methyl sites for hydroxylation is 1. The van der Waals surface area contributed by atoms with Crippen LogP contribution in [0, 0.1) is 0 Å². The molecule has 1 atom stereocenters. The minimum Gasteiger partial charge on any atom is -0.361 e. The molecule has 1 amide bonds. The van der Waals surface area contributed by atoms with E-state index in [0.29, 0.717) is 6.42 Å². The predicted molar refractivity (Wildman–Crippen MR) is 102 cm³/mol. The Balaban J connectivity index is 1.98. The van der Waals surface area contributed by atoms with Crippen molar-refractivity contribution in [2.75, 3.05) is 6.54 Å². The molecule has 1 aromatic carbocycles. The molecule has 2 N–H and O–H groups in total. The largest absolute Gasteiger partial charge is 0.361 e.